The second kappa shape index (κ2) is 5.52. The molecule has 0 aliphatic rings. The number of hydrogen-bond acceptors (Lipinski definition) is 3. The Balaban J connectivity index is 2.35. The third-order valence-electron chi connectivity index (χ3n) is 3.68. The first-order valence-corrected chi connectivity index (χ1v) is 7.09. The second-order valence-electron chi connectivity index (χ2n) is 5.08. The molecule has 0 aliphatic carbocycles. The number of rotatable bonds is 2. The van der Waals surface area contributed by atoms with Crippen molar-refractivity contribution in [1.82, 2.24) is 4.73 Å². The number of alkyl halides is 3. The highest BCUT2D eigenvalue weighted by molar-refractivity contribution is 6.31. The summed E-state index contributed by atoms with van der Waals surface area (Å²) in [6.07, 6.45) is -4.57. The Kier molecular flexibility index (Phi) is 3.76. The molecule has 2 N–H and O–H groups in total. The van der Waals surface area contributed by atoms with Crippen LogP contribution < -0.4 is 4.74 Å². The molecular formula is C16H11ClF3NO3. The van der Waals surface area contributed by atoms with Crippen molar-refractivity contribution in [2.75, 3.05) is 7.11 Å². The summed E-state index contributed by atoms with van der Waals surface area (Å²) in [6, 6.07) is 7.44. The zero-order valence-corrected chi connectivity index (χ0v) is 13.0. The van der Waals surface area contributed by atoms with Crippen molar-refractivity contribution >= 4 is 22.5 Å². The molecule has 0 spiro atoms. The number of aromatic hydroxyl groups is 1. The van der Waals surface area contributed by atoms with E-state index in [1.807, 2.05) is 0 Å². The molecule has 0 amide bonds. The van der Waals surface area contributed by atoms with E-state index >= 15 is 0 Å². The van der Waals surface area contributed by atoms with Crippen LogP contribution in [0, 0.1) is 0 Å². The first-order valence-electron chi connectivity index (χ1n) is 6.72. The van der Waals surface area contributed by atoms with Gasteiger partial charge in [-0.3, -0.25) is 0 Å². The average Bonchev–Trinajstić information content (AvgIpc) is 2.77. The standard InChI is InChI=1S/C16H11ClF3NO3/c1-24-13-5-3-9(17)7-11(13)14-10-4-2-8(16(18,19)20)6-12(10)21(23)15(14)22/h2-7,22-23H,1H3. The first-order chi connectivity index (χ1) is 11.2. The Hall–Kier alpha value is -2.54. The predicted octanol–water partition coefficient (Wildman–Crippen LogP) is 4.93. The minimum Gasteiger partial charge on any atom is -0.496 e. The average molecular weight is 358 g/mol. The van der Waals surface area contributed by atoms with Gasteiger partial charge in [0.05, 0.1) is 23.8 Å². The van der Waals surface area contributed by atoms with E-state index in [1.54, 1.807) is 12.1 Å². The van der Waals surface area contributed by atoms with Crippen LogP contribution in [0.3, 0.4) is 0 Å². The number of halogens is 4. The normalized spacial score (nSPS) is 11.9. The van der Waals surface area contributed by atoms with Gasteiger partial charge in [0.15, 0.2) is 0 Å². The van der Waals surface area contributed by atoms with Gasteiger partial charge in [-0.15, -0.1) is 0 Å². The quantitative estimate of drug-likeness (QED) is 0.639. The minimum atomic E-state index is -4.57. The lowest BCUT2D eigenvalue weighted by Gasteiger charge is -2.09. The summed E-state index contributed by atoms with van der Waals surface area (Å²) >= 11 is 5.96. The van der Waals surface area contributed by atoms with E-state index < -0.39 is 17.6 Å². The summed E-state index contributed by atoms with van der Waals surface area (Å²) in [5, 5.41) is 20.8. The maximum absolute atomic E-state index is 12.9. The molecule has 0 atom stereocenters. The predicted molar refractivity (Wildman–Crippen MR) is 82.8 cm³/mol. The molecule has 0 saturated carbocycles. The van der Waals surface area contributed by atoms with Crippen LogP contribution in [0.15, 0.2) is 36.4 Å². The maximum atomic E-state index is 12.9. The third kappa shape index (κ3) is 2.50. The van der Waals surface area contributed by atoms with Gasteiger partial charge in [-0.05, 0) is 30.3 Å². The third-order valence-corrected chi connectivity index (χ3v) is 3.91. The number of ether oxygens (including phenoxy) is 1. The molecule has 1 heterocycles. The Morgan fingerprint density at radius 1 is 1.12 bits per heavy atom. The van der Waals surface area contributed by atoms with Crippen molar-refractivity contribution in [2.24, 2.45) is 0 Å². The summed E-state index contributed by atoms with van der Waals surface area (Å²) in [5.74, 6) is -0.257. The molecule has 0 aliphatic heterocycles. The smallest absolute Gasteiger partial charge is 0.416 e. The Labute approximate surface area is 139 Å². The summed E-state index contributed by atoms with van der Waals surface area (Å²) in [4.78, 5) is 0. The van der Waals surface area contributed by atoms with Gasteiger partial charge in [0.25, 0.3) is 0 Å². The van der Waals surface area contributed by atoms with E-state index in [9.17, 15) is 23.5 Å². The van der Waals surface area contributed by atoms with Crippen molar-refractivity contribution in [3.8, 4) is 22.8 Å². The monoisotopic (exact) mass is 357 g/mol. The van der Waals surface area contributed by atoms with Crippen molar-refractivity contribution in [3.63, 3.8) is 0 Å². The second-order valence-corrected chi connectivity index (χ2v) is 5.52. The van der Waals surface area contributed by atoms with Crippen LogP contribution in [0.2, 0.25) is 5.02 Å². The number of benzene rings is 2. The fourth-order valence-electron chi connectivity index (χ4n) is 2.58. The topological polar surface area (TPSA) is 54.6 Å². The van der Waals surface area contributed by atoms with Gasteiger partial charge in [-0.1, -0.05) is 17.7 Å². The maximum Gasteiger partial charge on any atom is 0.416 e. The van der Waals surface area contributed by atoms with E-state index in [0.29, 0.717) is 21.1 Å². The van der Waals surface area contributed by atoms with Gasteiger partial charge in [0.1, 0.15) is 5.75 Å². The summed E-state index contributed by atoms with van der Waals surface area (Å²) < 4.78 is 44.1. The zero-order chi connectivity index (χ0) is 17.6. The fraction of sp³-hybridized carbons (Fsp3) is 0.125. The van der Waals surface area contributed by atoms with Crippen LogP contribution in [0.4, 0.5) is 13.2 Å². The largest absolute Gasteiger partial charge is 0.496 e. The molecular weight excluding hydrogens is 347 g/mol. The van der Waals surface area contributed by atoms with Crippen LogP contribution in [-0.4, -0.2) is 22.2 Å². The van der Waals surface area contributed by atoms with E-state index in [-0.39, 0.29) is 16.5 Å². The number of aromatic nitrogens is 1. The molecule has 4 nitrogen and oxygen atoms in total. The molecule has 0 saturated heterocycles. The lowest BCUT2D eigenvalue weighted by atomic mass is 10.0. The molecule has 2 aromatic carbocycles. The summed E-state index contributed by atoms with van der Waals surface area (Å²) in [5.41, 5.74) is -0.646. The van der Waals surface area contributed by atoms with Gasteiger partial charge in [0, 0.05) is 16.0 Å². The molecule has 24 heavy (non-hydrogen) atoms. The van der Waals surface area contributed by atoms with Crippen molar-refractivity contribution < 1.29 is 28.2 Å². The minimum absolute atomic E-state index is 0.126. The highest BCUT2D eigenvalue weighted by atomic mass is 35.5. The van der Waals surface area contributed by atoms with Gasteiger partial charge < -0.3 is 15.1 Å². The number of methoxy groups -OCH3 is 1. The van der Waals surface area contributed by atoms with Gasteiger partial charge in [-0.2, -0.15) is 17.9 Å². The van der Waals surface area contributed by atoms with Crippen LogP contribution in [-0.2, 0) is 6.18 Å². The molecule has 1 aromatic heterocycles. The van der Waals surface area contributed by atoms with Gasteiger partial charge in [-0.25, -0.2) is 0 Å². The van der Waals surface area contributed by atoms with Crippen LogP contribution in [0.25, 0.3) is 22.0 Å². The lowest BCUT2D eigenvalue weighted by Crippen LogP contribution is -2.04. The molecule has 0 bridgehead atoms. The molecule has 0 fully saturated rings. The van der Waals surface area contributed by atoms with Gasteiger partial charge >= 0.3 is 6.18 Å². The molecule has 126 valence electrons. The fourth-order valence-corrected chi connectivity index (χ4v) is 2.75. The Morgan fingerprint density at radius 2 is 1.83 bits per heavy atom. The van der Waals surface area contributed by atoms with E-state index in [0.717, 1.165) is 12.1 Å². The zero-order valence-electron chi connectivity index (χ0n) is 12.2. The molecule has 0 radical (unpaired) electrons. The number of nitrogens with zero attached hydrogens (tertiary/aromatic N) is 1. The number of hydrogen-bond donors (Lipinski definition) is 2. The molecule has 3 rings (SSSR count). The first kappa shape index (κ1) is 16.3. The molecule has 8 heteroatoms. The van der Waals surface area contributed by atoms with Crippen molar-refractivity contribution in [3.05, 3.63) is 47.0 Å². The van der Waals surface area contributed by atoms with Crippen LogP contribution in [0.5, 0.6) is 11.6 Å². The van der Waals surface area contributed by atoms with E-state index in [1.165, 1.54) is 19.2 Å². The SMILES string of the molecule is COc1ccc(Cl)cc1-c1c(O)n(O)c2cc(C(F)(F)F)ccc12. The van der Waals surface area contributed by atoms with Crippen LogP contribution >= 0.6 is 11.6 Å². The highest BCUT2D eigenvalue weighted by Gasteiger charge is 2.32. The lowest BCUT2D eigenvalue weighted by molar-refractivity contribution is -0.137. The summed E-state index contributed by atoms with van der Waals surface area (Å²) in [7, 11) is 1.41. The van der Waals surface area contributed by atoms with E-state index in [2.05, 4.69) is 0 Å². The van der Waals surface area contributed by atoms with Crippen molar-refractivity contribution in [1.29, 1.82) is 0 Å². The molecule has 3 aromatic rings. The Morgan fingerprint density at radius 3 is 2.46 bits per heavy atom. The van der Waals surface area contributed by atoms with Crippen molar-refractivity contribution in [2.45, 2.75) is 6.18 Å². The Bertz CT molecular complexity index is 934. The highest BCUT2D eigenvalue weighted by Crippen LogP contribution is 2.44. The number of fused-ring (bicyclic) bond motifs is 1. The van der Waals surface area contributed by atoms with E-state index in [4.69, 9.17) is 16.3 Å². The van der Waals surface area contributed by atoms with Gasteiger partial charge in [0.2, 0.25) is 5.88 Å². The summed E-state index contributed by atoms with van der Waals surface area (Å²) in [6.45, 7) is 0. The van der Waals surface area contributed by atoms with Crippen LogP contribution in [0.1, 0.15) is 5.56 Å². The molecule has 0 unspecified atom stereocenters.